The molecule has 0 N–H and O–H groups in total. The van der Waals surface area contributed by atoms with Crippen LogP contribution in [-0.2, 0) is 21.3 Å². The van der Waals surface area contributed by atoms with E-state index in [-0.39, 0.29) is 19.5 Å². The van der Waals surface area contributed by atoms with Crippen LogP contribution in [0, 0.1) is 10.1 Å². The van der Waals surface area contributed by atoms with E-state index in [1.54, 1.807) is 33.8 Å². The second-order valence-corrected chi connectivity index (χ2v) is 9.20. The molecule has 1 aliphatic heterocycles. The lowest BCUT2D eigenvalue weighted by Crippen LogP contribution is -2.35. The quantitative estimate of drug-likeness (QED) is 0.278. The maximum Gasteiger partial charge on any atom is 0.534 e. The second kappa shape index (κ2) is 8.36. The van der Waals surface area contributed by atoms with Crippen molar-refractivity contribution in [3.63, 3.8) is 0 Å². The van der Waals surface area contributed by atoms with Gasteiger partial charge < -0.3 is 13.8 Å². The van der Waals surface area contributed by atoms with Crippen molar-refractivity contribution in [1.82, 2.24) is 4.90 Å². The first-order valence-electron chi connectivity index (χ1n) is 9.05. The Morgan fingerprint density at radius 1 is 1.26 bits per heavy atom. The van der Waals surface area contributed by atoms with Gasteiger partial charge in [-0.2, -0.15) is 21.6 Å². The highest BCUT2D eigenvalue weighted by Crippen LogP contribution is 2.38. The smallest absolute Gasteiger partial charge is 0.444 e. The number of rotatable bonds is 5. The molecular formula is C18H21F3N2O7S. The molecule has 1 heterocycles. The number of hydrogen-bond acceptors (Lipinski definition) is 7. The summed E-state index contributed by atoms with van der Waals surface area (Å²) in [5.41, 5.74) is -6.29. The molecule has 0 spiro atoms. The molecule has 0 aliphatic carbocycles. The van der Waals surface area contributed by atoms with E-state index >= 15 is 0 Å². The molecular weight excluding hydrogens is 445 g/mol. The van der Waals surface area contributed by atoms with Crippen molar-refractivity contribution in [1.29, 1.82) is 0 Å². The first kappa shape index (κ1) is 24.4. The molecule has 0 radical (unpaired) electrons. The highest BCUT2D eigenvalue weighted by molar-refractivity contribution is 7.88. The van der Waals surface area contributed by atoms with Gasteiger partial charge in [0.15, 0.2) is 0 Å². The minimum Gasteiger partial charge on any atom is -0.444 e. The SMILES string of the molecule is CCc1cc(OS(=O)(=O)C(F)(F)F)c([N+](=O)[O-])cc1C1=CCN(C(=O)OC(C)(C)C)C1. The molecule has 0 fully saturated rings. The van der Waals surface area contributed by atoms with Crippen LogP contribution in [-0.4, -0.2) is 48.5 Å². The van der Waals surface area contributed by atoms with Crippen LogP contribution in [0.3, 0.4) is 0 Å². The van der Waals surface area contributed by atoms with Gasteiger partial charge in [-0.05, 0) is 50.0 Å². The third-order valence-corrected chi connectivity index (χ3v) is 5.13. The third-order valence-electron chi connectivity index (χ3n) is 4.16. The molecule has 0 saturated carbocycles. The van der Waals surface area contributed by atoms with Crippen LogP contribution in [0.1, 0.15) is 38.8 Å². The lowest BCUT2D eigenvalue weighted by molar-refractivity contribution is -0.385. The van der Waals surface area contributed by atoms with Crippen LogP contribution in [0.4, 0.5) is 23.7 Å². The Kier molecular flexibility index (Phi) is 6.59. The van der Waals surface area contributed by atoms with Crippen LogP contribution in [0.5, 0.6) is 5.75 Å². The first-order chi connectivity index (χ1) is 14.1. The number of alkyl halides is 3. The van der Waals surface area contributed by atoms with Gasteiger partial charge in [0.2, 0.25) is 5.75 Å². The van der Waals surface area contributed by atoms with E-state index < -0.39 is 43.7 Å². The predicted octanol–water partition coefficient (Wildman–Crippen LogP) is 4.02. The fourth-order valence-electron chi connectivity index (χ4n) is 2.79. The number of aryl methyl sites for hydroxylation is 1. The number of carbonyl (C=O) groups is 1. The van der Waals surface area contributed by atoms with Crippen molar-refractivity contribution in [2.75, 3.05) is 13.1 Å². The van der Waals surface area contributed by atoms with Gasteiger partial charge in [0, 0.05) is 19.2 Å². The summed E-state index contributed by atoms with van der Waals surface area (Å²) in [7, 11) is -6.09. The maximum atomic E-state index is 12.7. The van der Waals surface area contributed by atoms with Crippen molar-refractivity contribution >= 4 is 27.5 Å². The van der Waals surface area contributed by atoms with Crippen LogP contribution in [0.2, 0.25) is 0 Å². The van der Waals surface area contributed by atoms with Gasteiger partial charge in [0.05, 0.1) is 4.92 Å². The minimum atomic E-state index is -6.09. The summed E-state index contributed by atoms with van der Waals surface area (Å²) >= 11 is 0. The lowest BCUT2D eigenvalue weighted by Gasteiger charge is -2.24. The number of nitro benzene ring substituents is 1. The van der Waals surface area contributed by atoms with Gasteiger partial charge in [-0.3, -0.25) is 10.1 Å². The number of carbonyl (C=O) groups excluding carboxylic acids is 1. The van der Waals surface area contributed by atoms with Gasteiger partial charge in [-0.15, -0.1) is 0 Å². The number of halogens is 3. The van der Waals surface area contributed by atoms with Crippen molar-refractivity contribution in [2.24, 2.45) is 0 Å². The fraction of sp³-hybridized carbons (Fsp3) is 0.500. The number of amides is 1. The third kappa shape index (κ3) is 5.66. The average Bonchev–Trinajstić information content (AvgIpc) is 3.08. The molecule has 0 unspecified atom stereocenters. The maximum absolute atomic E-state index is 12.7. The van der Waals surface area contributed by atoms with Crippen molar-refractivity contribution in [2.45, 2.75) is 45.2 Å². The number of hydrogen-bond donors (Lipinski definition) is 0. The van der Waals surface area contributed by atoms with Crippen LogP contribution in [0.25, 0.3) is 5.57 Å². The summed E-state index contributed by atoms with van der Waals surface area (Å²) in [6, 6.07) is 1.85. The highest BCUT2D eigenvalue weighted by Gasteiger charge is 2.49. The zero-order valence-electron chi connectivity index (χ0n) is 17.1. The molecule has 0 saturated heterocycles. The first-order valence-corrected chi connectivity index (χ1v) is 10.5. The summed E-state index contributed by atoms with van der Waals surface area (Å²) in [4.78, 5) is 24.0. The van der Waals surface area contributed by atoms with E-state index in [4.69, 9.17) is 4.74 Å². The molecule has 1 aromatic carbocycles. The highest BCUT2D eigenvalue weighted by atomic mass is 32.2. The van der Waals surface area contributed by atoms with E-state index in [9.17, 15) is 36.5 Å². The molecule has 31 heavy (non-hydrogen) atoms. The minimum absolute atomic E-state index is 0.0557. The number of ether oxygens (including phenoxy) is 1. The Bertz CT molecular complexity index is 1030. The van der Waals surface area contributed by atoms with Gasteiger partial charge in [-0.1, -0.05) is 13.0 Å². The molecule has 1 amide bonds. The van der Waals surface area contributed by atoms with Crippen molar-refractivity contribution in [3.8, 4) is 5.75 Å². The summed E-state index contributed by atoms with van der Waals surface area (Å²) in [6.07, 6.45) is 1.25. The second-order valence-electron chi connectivity index (χ2n) is 7.66. The average molecular weight is 466 g/mol. The van der Waals surface area contributed by atoms with Crippen LogP contribution < -0.4 is 4.18 Å². The van der Waals surface area contributed by atoms with Crippen LogP contribution in [0.15, 0.2) is 18.2 Å². The number of nitrogens with zero attached hydrogens (tertiary/aromatic N) is 2. The largest absolute Gasteiger partial charge is 0.534 e. The lowest BCUT2D eigenvalue weighted by atomic mass is 9.97. The van der Waals surface area contributed by atoms with Gasteiger partial charge in [-0.25, -0.2) is 4.79 Å². The Morgan fingerprint density at radius 2 is 1.87 bits per heavy atom. The predicted molar refractivity (Wildman–Crippen MR) is 104 cm³/mol. The summed E-state index contributed by atoms with van der Waals surface area (Å²) in [5.74, 6) is -1.04. The molecule has 1 aliphatic rings. The Morgan fingerprint density at radius 3 is 2.35 bits per heavy atom. The summed E-state index contributed by atoms with van der Waals surface area (Å²) in [5, 5.41) is 11.4. The van der Waals surface area contributed by atoms with E-state index in [1.165, 1.54) is 4.90 Å². The standard InChI is InChI=1S/C18H21F3N2O7S/c1-5-11-8-15(30-31(27,28)18(19,20)21)14(23(25)26)9-13(11)12-6-7-22(10-12)16(24)29-17(2,3)4/h6,8-9H,5,7,10H2,1-4H3. The van der Waals surface area contributed by atoms with Crippen LogP contribution >= 0.6 is 0 Å². The Balaban J connectivity index is 2.41. The monoisotopic (exact) mass is 466 g/mol. The zero-order chi connectivity index (χ0) is 23.8. The molecule has 172 valence electrons. The van der Waals surface area contributed by atoms with Crippen molar-refractivity contribution < 1.29 is 40.2 Å². The Labute approximate surface area is 176 Å². The van der Waals surface area contributed by atoms with E-state index in [0.717, 1.165) is 12.1 Å². The molecule has 2 rings (SSSR count). The van der Waals surface area contributed by atoms with Gasteiger partial charge in [0.25, 0.3) is 0 Å². The van der Waals surface area contributed by atoms with E-state index in [2.05, 4.69) is 4.18 Å². The molecule has 13 heteroatoms. The molecule has 0 bridgehead atoms. The van der Waals surface area contributed by atoms with Gasteiger partial charge in [0.1, 0.15) is 5.60 Å². The molecule has 0 atom stereocenters. The summed E-state index contributed by atoms with van der Waals surface area (Å²) in [6.45, 7) is 6.95. The molecule has 9 nitrogen and oxygen atoms in total. The molecule has 1 aromatic rings. The van der Waals surface area contributed by atoms with Gasteiger partial charge >= 0.3 is 27.4 Å². The molecule has 0 aromatic heterocycles. The van der Waals surface area contributed by atoms with E-state index in [0.29, 0.717) is 16.7 Å². The number of benzene rings is 1. The van der Waals surface area contributed by atoms with E-state index in [1.807, 2.05) is 0 Å². The zero-order valence-corrected chi connectivity index (χ0v) is 18.0. The topological polar surface area (TPSA) is 116 Å². The number of nitro groups is 1. The fourth-order valence-corrected chi connectivity index (χ4v) is 3.26. The van der Waals surface area contributed by atoms with Crippen molar-refractivity contribution in [3.05, 3.63) is 39.4 Å². The Hall–Kier alpha value is -2.83. The summed E-state index contributed by atoms with van der Waals surface area (Å²) < 4.78 is 69.9. The normalized spacial score (nSPS) is 14.9.